The maximum Gasteiger partial charge on any atom is 0.175 e. The summed E-state index contributed by atoms with van der Waals surface area (Å²) in [7, 11) is 0. The Morgan fingerprint density at radius 2 is 2.05 bits per heavy atom. The molecule has 0 fully saturated rings. The third kappa shape index (κ3) is 3.87. The van der Waals surface area contributed by atoms with Crippen molar-refractivity contribution in [1.29, 1.82) is 0 Å². The van der Waals surface area contributed by atoms with E-state index in [2.05, 4.69) is 41.2 Å². The van der Waals surface area contributed by atoms with Crippen LogP contribution in [0.25, 0.3) is 0 Å². The maximum absolute atomic E-state index is 5.90. The Morgan fingerprint density at radius 3 is 2.75 bits per heavy atom. The van der Waals surface area contributed by atoms with Gasteiger partial charge in [0.05, 0.1) is 17.7 Å². The smallest absolute Gasteiger partial charge is 0.175 e. The summed E-state index contributed by atoms with van der Waals surface area (Å²) in [6.45, 7) is 7.24. The molecular weight excluding hydrogens is 320 g/mol. The molecule has 2 rings (SSSR count). The summed E-state index contributed by atoms with van der Waals surface area (Å²) in [5.41, 5.74) is 7.03. The molecule has 5 heteroatoms. The molecular formula is C15H23BrN2O2. The third-order valence-electron chi connectivity index (χ3n) is 3.24. The summed E-state index contributed by atoms with van der Waals surface area (Å²) < 4.78 is 12.4. The molecule has 4 nitrogen and oxygen atoms in total. The van der Waals surface area contributed by atoms with Gasteiger partial charge in [-0.1, -0.05) is 13.8 Å². The van der Waals surface area contributed by atoms with Crippen molar-refractivity contribution in [3.63, 3.8) is 0 Å². The molecule has 0 aromatic heterocycles. The lowest BCUT2D eigenvalue weighted by atomic mass is 10.1. The lowest BCUT2D eigenvalue weighted by Gasteiger charge is -2.21. The van der Waals surface area contributed by atoms with Crippen molar-refractivity contribution >= 4 is 15.9 Å². The molecule has 3 N–H and O–H groups in total. The second kappa shape index (κ2) is 7.29. The van der Waals surface area contributed by atoms with Crippen LogP contribution < -0.4 is 20.5 Å². The molecule has 1 heterocycles. The Labute approximate surface area is 129 Å². The van der Waals surface area contributed by atoms with Crippen LogP contribution in [0.2, 0.25) is 0 Å². The van der Waals surface area contributed by atoms with Gasteiger partial charge >= 0.3 is 0 Å². The standard InChI is InChI=1S/C15H23BrN2O2/c1-10(2)9-18-13(8-17)11-6-12(16)15-14(7-11)19-4-3-5-20-15/h6-7,10,13,18H,3-5,8-9,17H2,1-2H3. The topological polar surface area (TPSA) is 56.5 Å². The molecule has 1 atom stereocenters. The predicted octanol–water partition coefficient (Wildman–Crippen LogP) is 2.86. The van der Waals surface area contributed by atoms with Crippen LogP contribution in [0.15, 0.2) is 16.6 Å². The highest BCUT2D eigenvalue weighted by Crippen LogP contribution is 2.39. The first kappa shape index (κ1) is 15.6. The fraction of sp³-hybridized carbons (Fsp3) is 0.600. The van der Waals surface area contributed by atoms with Gasteiger partial charge in [-0.2, -0.15) is 0 Å². The summed E-state index contributed by atoms with van der Waals surface area (Å²) in [4.78, 5) is 0. The maximum atomic E-state index is 5.90. The first-order valence-electron chi connectivity index (χ1n) is 7.14. The van der Waals surface area contributed by atoms with Crippen molar-refractivity contribution in [2.24, 2.45) is 11.7 Å². The summed E-state index contributed by atoms with van der Waals surface area (Å²) >= 11 is 3.57. The summed E-state index contributed by atoms with van der Waals surface area (Å²) in [5.74, 6) is 2.19. The van der Waals surface area contributed by atoms with Crippen molar-refractivity contribution in [2.75, 3.05) is 26.3 Å². The Hall–Kier alpha value is -0.780. The van der Waals surface area contributed by atoms with Gasteiger partial charge in [-0.25, -0.2) is 0 Å². The monoisotopic (exact) mass is 342 g/mol. The first-order valence-corrected chi connectivity index (χ1v) is 7.93. The van der Waals surface area contributed by atoms with E-state index in [1.54, 1.807) is 0 Å². The van der Waals surface area contributed by atoms with E-state index in [0.717, 1.165) is 34.5 Å². The van der Waals surface area contributed by atoms with Crippen LogP contribution in [0.4, 0.5) is 0 Å². The number of benzene rings is 1. The minimum Gasteiger partial charge on any atom is -0.490 e. The third-order valence-corrected chi connectivity index (χ3v) is 3.82. The zero-order valence-electron chi connectivity index (χ0n) is 12.1. The Morgan fingerprint density at radius 1 is 1.30 bits per heavy atom. The molecule has 1 aliphatic heterocycles. The van der Waals surface area contributed by atoms with Crippen molar-refractivity contribution in [3.05, 3.63) is 22.2 Å². The molecule has 0 saturated heterocycles. The van der Waals surface area contributed by atoms with Crippen LogP contribution in [0, 0.1) is 5.92 Å². The molecule has 112 valence electrons. The van der Waals surface area contributed by atoms with Gasteiger partial charge in [-0.05, 0) is 46.1 Å². The van der Waals surface area contributed by atoms with E-state index in [1.165, 1.54) is 0 Å². The SMILES string of the molecule is CC(C)CNC(CN)c1cc(Br)c2c(c1)OCCCO2. The highest BCUT2D eigenvalue weighted by atomic mass is 79.9. The number of hydrogen-bond donors (Lipinski definition) is 2. The molecule has 0 saturated carbocycles. The molecule has 0 bridgehead atoms. The number of nitrogens with two attached hydrogens (primary N) is 1. The van der Waals surface area contributed by atoms with Gasteiger partial charge in [0, 0.05) is 19.0 Å². The highest BCUT2D eigenvalue weighted by Gasteiger charge is 2.18. The second-order valence-corrected chi connectivity index (χ2v) is 6.33. The van der Waals surface area contributed by atoms with E-state index in [1.807, 2.05) is 6.07 Å². The number of ether oxygens (including phenoxy) is 2. The van der Waals surface area contributed by atoms with Gasteiger partial charge in [-0.3, -0.25) is 0 Å². The summed E-state index contributed by atoms with van der Waals surface area (Å²) in [6, 6.07) is 4.24. The zero-order chi connectivity index (χ0) is 14.5. The quantitative estimate of drug-likeness (QED) is 0.863. The van der Waals surface area contributed by atoms with Gasteiger partial charge in [-0.15, -0.1) is 0 Å². The predicted molar refractivity (Wildman–Crippen MR) is 84.4 cm³/mol. The van der Waals surface area contributed by atoms with Crippen LogP contribution in [-0.4, -0.2) is 26.3 Å². The molecule has 1 aromatic carbocycles. The van der Waals surface area contributed by atoms with Gasteiger partial charge < -0.3 is 20.5 Å². The minimum atomic E-state index is 0.130. The molecule has 20 heavy (non-hydrogen) atoms. The van der Waals surface area contributed by atoms with Crippen LogP contribution >= 0.6 is 15.9 Å². The number of halogens is 1. The number of nitrogens with one attached hydrogen (secondary N) is 1. The molecule has 1 unspecified atom stereocenters. The van der Waals surface area contributed by atoms with Crippen LogP contribution in [0.1, 0.15) is 31.9 Å². The van der Waals surface area contributed by atoms with Crippen molar-refractivity contribution in [2.45, 2.75) is 26.3 Å². The van der Waals surface area contributed by atoms with Gasteiger partial charge in [0.1, 0.15) is 0 Å². The summed E-state index contributed by atoms with van der Waals surface area (Å²) in [5, 5.41) is 3.49. The Bertz CT molecular complexity index is 452. The minimum absolute atomic E-state index is 0.130. The second-order valence-electron chi connectivity index (χ2n) is 5.47. The number of hydrogen-bond acceptors (Lipinski definition) is 4. The lowest BCUT2D eigenvalue weighted by molar-refractivity contribution is 0.296. The first-order chi connectivity index (χ1) is 9.61. The largest absolute Gasteiger partial charge is 0.490 e. The molecule has 1 aliphatic rings. The van der Waals surface area contributed by atoms with E-state index < -0.39 is 0 Å². The zero-order valence-corrected chi connectivity index (χ0v) is 13.7. The van der Waals surface area contributed by atoms with Crippen molar-refractivity contribution < 1.29 is 9.47 Å². The molecule has 0 spiro atoms. The normalized spacial score (nSPS) is 16.1. The van der Waals surface area contributed by atoms with Crippen LogP contribution in [0.3, 0.4) is 0 Å². The Kier molecular flexibility index (Phi) is 5.69. The van der Waals surface area contributed by atoms with Gasteiger partial charge in [0.15, 0.2) is 11.5 Å². The average Bonchev–Trinajstić information content (AvgIpc) is 2.65. The van der Waals surface area contributed by atoms with Crippen molar-refractivity contribution in [1.82, 2.24) is 5.32 Å². The van der Waals surface area contributed by atoms with Crippen LogP contribution in [0.5, 0.6) is 11.5 Å². The van der Waals surface area contributed by atoms with E-state index in [4.69, 9.17) is 15.2 Å². The molecule has 0 amide bonds. The lowest BCUT2D eigenvalue weighted by Crippen LogP contribution is -2.31. The molecule has 0 aliphatic carbocycles. The van der Waals surface area contributed by atoms with Crippen molar-refractivity contribution in [3.8, 4) is 11.5 Å². The average molecular weight is 343 g/mol. The number of fused-ring (bicyclic) bond motifs is 1. The fourth-order valence-electron chi connectivity index (χ4n) is 2.17. The van der Waals surface area contributed by atoms with E-state index in [-0.39, 0.29) is 6.04 Å². The Balaban J connectivity index is 2.22. The van der Waals surface area contributed by atoms with Gasteiger partial charge in [0.25, 0.3) is 0 Å². The van der Waals surface area contributed by atoms with Crippen LogP contribution in [-0.2, 0) is 0 Å². The van der Waals surface area contributed by atoms with E-state index in [0.29, 0.717) is 25.7 Å². The summed E-state index contributed by atoms with van der Waals surface area (Å²) in [6.07, 6.45) is 0.905. The fourth-order valence-corrected chi connectivity index (χ4v) is 2.74. The number of rotatable bonds is 5. The van der Waals surface area contributed by atoms with Gasteiger partial charge in [0.2, 0.25) is 0 Å². The highest BCUT2D eigenvalue weighted by molar-refractivity contribution is 9.10. The molecule has 0 radical (unpaired) electrons. The molecule has 1 aromatic rings. The van der Waals surface area contributed by atoms with E-state index >= 15 is 0 Å². The van der Waals surface area contributed by atoms with E-state index in [9.17, 15) is 0 Å².